The van der Waals surface area contributed by atoms with Gasteiger partial charge in [0.15, 0.2) is 0 Å². The molecule has 1 fully saturated rings. The highest BCUT2D eigenvalue weighted by atomic mass is 16.2. The molecule has 30 heavy (non-hydrogen) atoms. The lowest BCUT2D eigenvalue weighted by Gasteiger charge is -2.32. The lowest BCUT2D eigenvalue weighted by molar-refractivity contribution is -0.127. The average molecular weight is 399 g/mol. The van der Waals surface area contributed by atoms with Gasteiger partial charge < -0.3 is 10.2 Å². The van der Waals surface area contributed by atoms with Gasteiger partial charge in [-0.25, -0.2) is 9.97 Å². The lowest BCUT2D eigenvalue weighted by Crippen LogP contribution is -2.38. The van der Waals surface area contributed by atoms with E-state index in [-0.39, 0.29) is 5.91 Å². The Morgan fingerprint density at radius 3 is 2.80 bits per heavy atom. The fraction of sp³-hybridized carbons (Fsp3) is 0.240. The summed E-state index contributed by atoms with van der Waals surface area (Å²) >= 11 is 0. The van der Waals surface area contributed by atoms with Crippen LogP contribution in [-0.4, -0.2) is 33.9 Å². The van der Waals surface area contributed by atoms with Gasteiger partial charge in [-0.15, -0.1) is 0 Å². The highest BCUT2D eigenvalue weighted by Gasteiger charge is 2.24. The van der Waals surface area contributed by atoms with Crippen LogP contribution < -0.4 is 5.32 Å². The zero-order chi connectivity index (χ0) is 20.8. The first-order valence-electron chi connectivity index (χ1n) is 10.4. The van der Waals surface area contributed by atoms with Gasteiger partial charge in [0.25, 0.3) is 0 Å². The van der Waals surface area contributed by atoms with Crippen LogP contribution in [0.3, 0.4) is 0 Å². The standard InChI is InChI=1S/C25H26N4O/c1-19-7-5-14-27-25(19)28-23-17-21(13-15-26-23)22-10-6-16-29(18-22)24(30)12-11-20-8-3-2-4-9-20/h2-5,7-9,11-15,17,22H,6,10,16,18H2,1H3,(H,26,27,28)/b12-11+/t22-/m0/s1. The third kappa shape index (κ3) is 4.92. The molecule has 1 aromatic carbocycles. The summed E-state index contributed by atoms with van der Waals surface area (Å²) in [6.45, 7) is 3.55. The normalized spacial score (nSPS) is 16.6. The van der Waals surface area contributed by atoms with Crippen molar-refractivity contribution >= 4 is 23.6 Å². The predicted octanol–water partition coefficient (Wildman–Crippen LogP) is 4.95. The van der Waals surface area contributed by atoms with Gasteiger partial charge in [0, 0.05) is 37.5 Å². The van der Waals surface area contributed by atoms with Gasteiger partial charge in [-0.2, -0.15) is 0 Å². The quantitative estimate of drug-likeness (QED) is 0.618. The number of aromatic nitrogens is 2. The average Bonchev–Trinajstić information content (AvgIpc) is 2.80. The summed E-state index contributed by atoms with van der Waals surface area (Å²) in [7, 11) is 0. The molecular formula is C25H26N4O. The molecule has 1 saturated heterocycles. The number of pyridine rings is 2. The van der Waals surface area contributed by atoms with Crippen LogP contribution in [0.1, 0.15) is 35.4 Å². The number of anilines is 2. The van der Waals surface area contributed by atoms with E-state index in [9.17, 15) is 4.79 Å². The maximum absolute atomic E-state index is 12.7. The van der Waals surface area contributed by atoms with Gasteiger partial charge >= 0.3 is 0 Å². The molecule has 0 radical (unpaired) electrons. The van der Waals surface area contributed by atoms with Crippen molar-refractivity contribution in [1.29, 1.82) is 0 Å². The first kappa shape index (κ1) is 19.8. The monoisotopic (exact) mass is 398 g/mol. The number of rotatable bonds is 5. The molecule has 1 atom stereocenters. The lowest BCUT2D eigenvalue weighted by atomic mass is 9.91. The van der Waals surface area contributed by atoms with Crippen LogP contribution in [0.5, 0.6) is 0 Å². The molecule has 4 rings (SSSR count). The maximum Gasteiger partial charge on any atom is 0.246 e. The second kappa shape index (κ2) is 9.35. The van der Waals surface area contributed by atoms with Crippen molar-refractivity contribution < 1.29 is 4.79 Å². The van der Waals surface area contributed by atoms with Crippen molar-refractivity contribution in [3.05, 3.63) is 89.8 Å². The number of piperidine rings is 1. The molecule has 0 unspecified atom stereocenters. The van der Waals surface area contributed by atoms with Gasteiger partial charge in [0.05, 0.1) is 0 Å². The predicted molar refractivity (Wildman–Crippen MR) is 121 cm³/mol. The van der Waals surface area contributed by atoms with Crippen molar-refractivity contribution in [3.8, 4) is 0 Å². The third-order valence-corrected chi connectivity index (χ3v) is 5.46. The number of nitrogens with one attached hydrogen (secondary N) is 1. The minimum atomic E-state index is 0.0695. The Kier molecular flexibility index (Phi) is 6.18. The molecule has 1 N–H and O–H groups in total. The number of amides is 1. The zero-order valence-corrected chi connectivity index (χ0v) is 17.2. The number of nitrogens with zero attached hydrogens (tertiary/aromatic N) is 3. The molecule has 152 valence electrons. The summed E-state index contributed by atoms with van der Waals surface area (Å²) < 4.78 is 0. The van der Waals surface area contributed by atoms with E-state index in [2.05, 4.69) is 27.4 Å². The summed E-state index contributed by atoms with van der Waals surface area (Å²) in [6.07, 6.45) is 9.23. The highest BCUT2D eigenvalue weighted by molar-refractivity contribution is 5.91. The van der Waals surface area contributed by atoms with E-state index < -0.39 is 0 Å². The fourth-order valence-corrected chi connectivity index (χ4v) is 3.79. The smallest absolute Gasteiger partial charge is 0.246 e. The van der Waals surface area contributed by atoms with Gasteiger partial charge in [-0.05, 0) is 60.7 Å². The maximum atomic E-state index is 12.7. The molecule has 1 aliphatic rings. The number of likely N-dealkylation sites (tertiary alicyclic amines) is 1. The molecule has 0 aliphatic carbocycles. The van der Waals surface area contributed by atoms with Crippen LogP contribution in [0.15, 0.2) is 73.1 Å². The number of benzene rings is 1. The third-order valence-electron chi connectivity index (χ3n) is 5.46. The van der Waals surface area contributed by atoms with Crippen LogP contribution in [0.25, 0.3) is 6.08 Å². The molecule has 1 aliphatic heterocycles. The Bertz CT molecular complexity index is 1030. The molecule has 0 bridgehead atoms. The van der Waals surface area contributed by atoms with Crippen LogP contribution >= 0.6 is 0 Å². The van der Waals surface area contributed by atoms with Crippen LogP contribution in [0.4, 0.5) is 11.6 Å². The molecule has 0 saturated carbocycles. The Morgan fingerprint density at radius 2 is 1.97 bits per heavy atom. The van der Waals surface area contributed by atoms with Crippen LogP contribution in [-0.2, 0) is 4.79 Å². The summed E-state index contributed by atoms with van der Waals surface area (Å²) in [5.74, 6) is 1.97. The highest BCUT2D eigenvalue weighted by Crippen LogP contribution is 2.29. The summed E-state index contributed by atoms with van der Waals surface area (Å²) in [4.78, 5) is 23.5. The molecule has 2 aromatic heterocycles. The van der Waals surface area contributed by atoms with Gasteiger partial charge in [-0.3, -0.25) is 4.79 Å². The Labute approximate surface area is 177 Å². The van der Waals surface area contributed by atoms with Crippen molar-refractivity contribution in [2.75, 3.05) is 18.4 Å². The molecule has 3 aromatic rings. The molecule has 5 nitrogen and oxygen atoms in total. The minimum Gasteiger partial charge on any atom is -0.339 e. The van der Waals surface area contributed by atoms with E-state index in [4.69, 9.17) is 0 Å². The minimum absolute atomic E-state index is 0.0695. The molecular weight excluding hydrogens is 372 g/mol. The second-order valence-corrected chi connectivity index (χ2v) is 7.64. The first-order chi connectivity index (χ1) is 14.7. The van der Waals surface area contributed by atoms with Crippen LogP contribution in [0.2, 0.25) is 0 Å². The van der Waals surface area contributed by atoms with Crippen molar-refractivity contribution in [2.45, 2.75) is 25.7 Å². The largest absolute Gasteiger partial charge is 0.339 e. The number of carbonyl (C=O) groups is 1. The topological polar surface area (TPSA) is 58.1 Å². The molecule has 3 heterocycles. The van der Waals surface area contributed by atoms with Crippen LogP contribution in [0, 0.1) is 6.92 Å². The Balaban J connectivity index is 1.43. The van der Waals surface area contributed by atoms with Gasteiger partial charge in [-0.1, -0.05) is 36.4 Å². The van der Waals surface area contributed by atoms with E-state index in [0.29, 0.717) is 5.92 Å². The second-order valence-electron chi connectivity index (χ2n) is 7.64. The van der Waals surface area contributed by atoms with E-state index in [0.717, 1.165) is 48.7 Å². The summed E-state index contributed by atoms with van der Waals surface area (Å²) in [6, 6.07) is 18.0. The molecule has 1 amide bonds. The van der Waals surface area contributed by atoms with Crippen molar-refractivity contribution in [2.24, 2.45) is 0 Å². The zero-order valence-electron chi connectivity index (χ0n) is 17.2. The van der Waals surface area contributed by atoms with E-state index in [1.807, 2.05) is 66.6 Å². The number of aryl methyl sites for hydroxylation is 1. The molecule has 0 spiro atoms. The van der Waals surface area contributed by atoms with Gasteiger partial charge in [0.1, 0.15) is 11.6 Å². The summed E-state index contributed by atoms with van der Waals surface area (Å²) in [5, 5.41) is 3.31. The van der Waals surface area contributed by atoms with Crippen molar-refractivity contribution in [1.82, 2.24) is 14.9 Å². The fourth-order valence-electron chi connectivity index (χ4n) is 3.79. The number of carbonyl (C=O) groups excluding carboxylic acids is 1. The van der Waals surface area contributed by atoms with E-state index >= 15 is 0 Å². The van der Waals surface area contributed by atoms with Crippen molar-refractivity contribution in [3.63, 3.8) is 0 Å². The number of hydrogen-bond acceptors (Lipinski definition) is 4. The van der Waals surface area contributed by atoms with Gasteiger partial charge in [0.2, 0.25) is 5.91 Å². The summed E-state index contributed by atoms with van der Waals surface area (Å²) in [5.41, 5.74) is 3.31. The SMILES string of the molecule is Cc1cccnc1Nc1cc([C@H]2CCCN(C(=O)/C=C/c3ccccc3)C2)ccn1. The Morgan fingerprint density at radius 1 is 1.10 bits per heavy atom. The van der Waals surface area contributed by atoms with E-state index in [1.54, 1.807) is 12.3 Å². The Hall–Kier alpha value is -3.47. The first-order valence-corrected chi connectivity index (χ1v) is 10.4. The van der Waals surface area contributed by atoms with E-state index in [1.165, 1.54) is 5.56 Å². The number of hydrogen-bond donors (Lipinski definition) is 1. The molecule has 5 heteroatoms.